The molecule has 2 aliphatic carbocycles. The molecule has 0 heterocycles. The predicted molar refractivity (Wildman–Crippen MR) is 121 cm³/mol. The molecule has 2 amide bonds. The Balaban J connectivity index is 0.000000320. The van der Waals surface area contributed by atoms with Crippen LogP contribution in [0.4, 0.5) is 9.59 Å². The van der Waals surface area contributed by atoms with Crippen LogP contribution < -0.4 is 10.6 Å². The molecule has 2 saturated carbocycles. The second-order valence-corrected chi connectivity index (χ2v) is 10.6. The maximum absolute atomic E-state index is 11.5. The Kier molecular flexibility index (Phi) is 10.8. The molecule has 8 nitrogen and oxygen atoms in total. The number of carbonyl (C=O) groups is 2. The summed E-state index contributed by atoms with van der Waals surface area (Å²) in [5, 5.41) is 23.2. The molecule has 0 saturated heterocycles. The van der Waals surface area contributed by atoms with Gasteiger partial charge >= 0.3 is 12.2 Å². The van der Waals surface area contributed by atoms with Crippen molar-refractivity contribution in [3.05, 3.63) is 0 Å². The number of nitrogens with one attached hydrogen (secondary N) is 2. The van der Waals surface area contributed by atoms with Crippen molar-refractivity contribution in [2.24, 2.45) is 11.8 Å². The SMILES string of the molecule is CC(C)(C)OC(=O)NC1CCC(C#N)CC1.CC(C)(C)OC(=O)NC1CCC(C#N)CC1. The first-order chi connectivity index (χ1) is 14.8. The predicted octanol–water partition coefficient (Wildman–Crippen LogP) is 5.19. The van der Waals surface area contributed by atoms with Gasteiger partial charge in [-0.3, -0.25) is 0 Å². The summed E-state index contributed by atoms with van der Waals surface area (Å²) in [5.74, 6) is 0.327. The number of rotatable bonds is 2. The standard InChI is InChI=1S/2C12H20N2O2/c2*1-12(2,3)16-11(15)14-10-6-4-9(8-13)5-7-10/h2*9-10H,4-7H2,1-3H3,(H,14,15). The number of hydrogen-bond acceptors (Lipinski definition) is 6. The molecule has 180 valence electrons. The van der Waals surface area contributed by atoms with Crippen LogP contribution >= 0.6 is 0 Å². The molecule has 0 aromatic rings. The molecule has 0 spiro atoms. The highest BCUT2D eigenvalue weighted by Crippen LogP contribution is 2.24. The summed E-state index contributed by atoms with van der Waals surface area (Å²) < 4.78 is 10.4. The fraction of sp³-hybridized carbons (Fsp3) is 0.833. The van der Waals surface area contributed by atoms with E-state index in [1.807, 2.05) is 41.5 Å². The molecule has 2 N–H and O–H groups in total. The van der Waals surface area contributed by atoms with Crippen molar-refractivity contribution in [2.75, 3.05) is 0 Å². The van der Waals surface area contributed by atoms with Crippen LogP contribution in [0.15, 0.2) is 0 Å². The Hall–Kier alpha value is -2.48. The molecule has 0 aliphatic heterocycles. The van der Waals surface area contributed by atoms with E-state index >= 15 is 0 Å². The van der Waals surface area contributed by atoms with Crippen molar-refractivity contribution >= 4 is 12.2 Å². The van der Waals surface area contributed by atoms with Crippen molar-refractivity contribution in [1.29, 1.82) is 10.5 Å². The zero-order valence-electron chi connectivity index (χ0n) is 20.5. The van der Waals surface area contributed by atoms with Gasteiger partial charge in [0.25, 0.3) is 0 Å². The van der Waals surface area contributed by atoms with Gasteiger partial charge in [-0.1, -0.05) is 0 Å². The van der Waals surface area contributed by atoms with Gasteiger partial charge in [-0.15, -0.1) is 0 Å². The van der Waals surface area contributed by atoms with E-state index in [1.54, 1.807) is 0 Å². The number of hydrogen-bond donors (Lipinski definition) is 2. The van der Waals surface area contributed by atoms with Crippen molar-refractivity contribution in [2.45, 2.75) is 116 Å². The molecule has 32 heavy (non-hydrogen) atoms. The van der Waals surface area contributed by atoms with E-state index in [4.69, 9.17) is 20.0 Å². The molecule has 2 fully saturated rings. The molecule has 0 aromatic carbocycles. The van der Waals surface area contributed by atoms with Crippen LogP contribution in [0.2, 0.25) is 0 Å². The van der Waals surface area contributed by atoms with Gasteiger partial charge in [-0.25, -0.2) is 9.59 Å². The van der Waals surface area contributed by atoms with E-state index < -0.39 is 11.2 Å². The third-order valence-electron chi connectivity index (χ3n) is 5.26. The summed E-state index contributed by atoms with van der Waals surface area (Å²) in [7, 11) is 0. The molecule has 0 bridgehead atoms. The quantitative estimate of drug-likeness (QED) is 0.599. The number of ether oxygens (including phenoxy) is 2. The molecule has 2 aliphatic rings. The van der Waals surface area contributed by atoms with Gasteiger partial charge in [0.2, 0.25) is 0 Å². The number of nitrogens with zero attached hydrogens (tertiary/aromatic N) is 2. The van der Waals surface area contributed by atoms with E-state index in [0.29, 0.717) is 0 Å². The normalized spacial score (nSPS) is 25.6. The largest absolute Gasteiger partial charge is 0.444 e. The smallest absolute Gasteiger partial charge is 0.407 e. The molecule has 0 aromatic heterocycles. The maximum atomic E-state index is 11.5. The highest BCUT2D eigenvalue weighted by Gasteiger charge is 2.25. The molecule has 2 rings (SSSR count). The minimum atomic E-state index is -0.450. The third-order valence-corrected chi connectivity index (χ3v) is 5.26. The maximum Gasteiger partial charge on any atom is 0.407 e. The second-order valence-electron chi connectivity index (χ2n) is 10.6. The zero-order chi connectivity index (χ0) is 24.4. The lowest BCUT2D eigenvalue weighted by Gasteiger charge is -2.27. The van der Waals surface area contributed by atoms with Crippen LogP contribution in [0, 0.1) is 34.5 Å². The average Bonchev–Trinajstić information content (AvgIpc) is 2.66. The molecular formula is C24H40N4O4. The second kappa shape index (κ2) is 12.5. The van der Waals surface area contributed by atoms with Crippen LogP contribution in [-0.4, -0.2) is 35.5 Å². The van der Waals surface area contributed by atoms with Gasteiger partial charge < -0.3 is 20.1 Å². The van der Waals surface area contributed by atoms with E-state index in [1.165, 1.54) is 0 Å². The Bertz CT molecular complexity index is 621. The zero-order valence-corrected chi connectivity index (χ0v) is 20.5. The molecule has 0 unspecified atom stereocenters. The van der Waals surface area contributed by atoms with Gasteiger partial charge in [0.1, 0.15) is 11.2 Å². The number of nitriles is 2. The summed E-state index contributed by atoms with van der Waals surface area (Å²) in [6, 6.07) is 4.88. The van der Waals surface area contributed by atoms with Crippen molar-refractivity contribution in [3.8, 4) is 12.1 Å². The lowest BCUT2D eigenvalue weighted by Crippen LogP contribution is -2.40. The molecule has 0 radical (unpaired) electrons. The Morgan fingerprint density at radius 3 is 1.16 bits per heavy atom. The number of amides is 2. The van der Waals surface area contributed by atoms with Crippen LogP contribution in [0.3, 0.4) is 0 Å². The number of alkyl carbamates (subject to hydrolysis) is 2. The van der Waals surface area contributed by atoms with Gasteiger partial charge in [0.05, 0.1) is 12.1 Å². The van der Waals surface area contributed by atoms with Crippen LogP contribution in [-0.2, 0) is 9.47 Å². The van der Waals surface area contributed by atoms with Crippen molar-refractivity contribution in [1.82, 2.24) is 10.6 Å². The summed E-state index contributed by atoms with van der Waals surface area (Å²) in [6.07, 6.45) is 6.27. The summed E-state index contributed by atoms with van der Waals surface area (Å²) >= 11 is 0. The fourth-order valence-electron chi connectivity index (χ4n) is 3.68. The number of carbonyl (C=O) groups excluding carboxylic acids is 2. The topological polar surface area (TPSA) is 124 Å². The Morgan fingerprint density at radius 2 is 0.938 bits per heavy atom. The molecular weight excluding hydrogens is 408 g/mol. The third kappa shape index (κ3) is 12.4. The highest BCUT2D eigenvalue weighted by atomic mass is 16.6. The van der Waals surface area contributed by atoms with Gasteiger partial charge in [-0.05, 0) is 92.9 Å². The Labute approximate surface area is 193 Å². The minimum Gasteiger partial charge on any atom is -0.444 e. The summed E-state index contributed by atoms with van der Waals surface area (Å²) in [4.78, 5) is 23.0. The van der Waals surface area contributed by atoms with Crippen LogP contribution in [0.25, 0.3) is 0 Å². The Morgan fingerprint density at radius 1 is 0.656 bits per heavy atom. The first-order valence-corrected chi connectivity index (χ1v) is 11.6. The van der Waals surface area contributed by atoms with Crippen molar-refractivity contribution in [3.63, 3.8) is 0 Å². The monoisotopic (exact) mass is 448 g/mol. The van der Waals surface area contributed by atoms with E-state index in [-0.39, 0.29) is 36.1 Å². The minimum absolute atomic E-state index is 0.164. The summed E-state index contributed by atoms with van der Waals surface area (Å²) in [5.41, 5.74) is -0.901. The first kappa shape index (κ1) is 27.6. The fourth-order valence-corrected chi connectivity index (χ4v) is 3.68. The average molecular weight is 449 g/mol. The summed E-state index contributed by atoms with van der Waals surface area (Å²) in [6.45, 7) is 11.1. The highest BCUT2D eigenvalue weighted by molar-refractivity contribution is 5.68. The first-order valence-electron chi connectivity index (χ1n) is 11.6. The van der Waals surface area contributed by atoms with Gasteiger partial charge in [-0.2, -0.15) is 10.5 Å². The van der Waals surface area contributed by atoms with E-state index in [9.17, 15) is 9.59 Å². The van der Waals surface area contributed by atoms with Gasteiger partial charge in [0.15, 0.2) is 0 Å². The van der Waals surface area contributed by atoms with Crippen LogP contribution in [0.1, 0.15) is 92.9 Å². The molecule has 0 atom stereocenters. The van der Waals surface area contributed by atoms with E-state index in [0.717, 1.165) is 51.4 Å². The van der Waals surface area contributed by atoms with Gasteiger partial charge in [0, 0.05) is 23.9 Å². The van der Waals surface area contributed by atoms with E-state index in [2.05, 4.69) is 22.8 Å². The lowest BCUT2D eigenvalue weighted by molar-refractivity contribution is 0.0478. The lowest BCUT2D eigenvalue weighted by atomic mass is 9.87. The van der Waals surface area contributed by atoms with Crippen molar-refractivity contribution < 1.29 is 19.1 Å². The van der Waals surface area contributed by atoms with Crippen LogP contribution in [0.5, 0.6) is 0 Å². The molecule has 8 heteroatoms.